The van der Waals surface area contributed by atoms with Crippen molar-refractivity contribution in [2.75, 3.05) is 13.1 Å². The van der Waals surface area contributed by atoms with Crippen LogP contribution in [0.4, 0.5) is 0 Å². The standard InChI is InChI=1S/C12H22N2O2/c1-3-11(15)9(2)14-6-4-10(5-7-14)8-12(13)16/h9-10H,3-8H2,1-2H3,(H2,13,16). The van der Waals surface area contributed by atoms with E-state index in [2.05, 4.69) is 4.90 Å². The molecule has 2 N–H and O–H groups in total. The Bertz CT molecular complexity index is 258. The van der Waals surface area contributed by atoms with Crippen LogP contribution in [-0.4, -0.2) is 35.7 Å². The third-order valence-corrected chi connectivity index (χ3v) is 3.50. The van der Waals surface area contributed by atoms with Gasteiger partial charge in [0, 0.05) is 12.8 Å². The number of carbonyl (C=O) groups excluding carboxylic acids is 2. The van der Waals surface area contributed by atoms with E-state index >= 15 is 0 Å². The van der Waals surface area contributed by atoms with E-state index in [9.17, 15) is 9.59 Å². The predicted molar refractivity (Wildman–Crippen MR) is 62.9 cm³/mol. The Morgan fingerprint density at radius 2 is 1.94 bits per heavy atom. The molecule has 0 aliphatic carbocycles. The maximum atomic E-state index is 11.6. The average Bonchev–Trinajstić information content (AvgIpc) is 2.27. The first kappa shape index (κ1) is 13.2. The molecule has 16 heavy (non-hydrogen) atoms. The second-order valence-electron chi connectivity index (χ2n) is 4.65. The van der Waals surface area contributed by atoms with Crippen molar-refractivity contribution in [1.29, 1.82) is 0 Å². The smallest absolute Gasteiger partial charge is 0.217 e. The normalized spacial score (nSPS) is 20.6. The van der Waals surface area contributed by atoms with E-state index in [4.69, 9.17) is 5.73 Å². The zero-order valence-corrected chi connectivity index (χ0v) is 10.2. The fraction of sp³-hybridized carbons (Fsp3) is 0.833. The van der Waals surface area contributed by atoms with Crippen molar-refractivity contribution < 1.29 is 9.59 Å². The molecule has 0 aromatic heterocycles. The Balaban J connectivity index is 2.36. The highest BCUT2D eigenvalue weighted by Gasteiger charge is 2.26. The molecule has 0 radical (unpaired) electrons. The molecule has 4 nitrogen and oxygen atoms in total. The molecule has 0 spiro atoms. The lowest BCUT2D eigenvalue weighted by Gasteiger charge is -2.34. The number of hydrogen-bond donors (Lipinski definition) is 1. The van der Waals surface area contributed by atoms with Crippen LogP contribution in [0.3, 0.4) is 0 Å². The molecule has 1 aliphatic rings. The van der Waals surface area contributed by atoms with Gasteiger partial charge in [-0.3, -0.25) is 14.5 Å². The lowest BCUT2D eigenvalue weighted by atomic mass is 9.92. The SMILES string of the molecule is CCC(=O)C(C)N1CCC(CC(N)=O)CC1. The second kappa shape index (κ2) is 5.99. The van der Waals surface area contributed by atoms with Crippen molar-refractivity contribution >= 4 is 11.7 Å². The van der Waals surface area contributed by atoms with Gasteiger partial charge in [-0.15, -0.1) is 0 Å². The minimum absolute atomic E-state index is 0.0273. The number of rotatable bonds is 5. The van der Waals surface area contributed by atoms with Gasteiger partial charge in [0.15, 0.2) is 0 Å². The van der Waals surface area contributed by atoms with Crippen LogP contribution in [0.2, 0.25) is 0 Å². The van der Waals surface area contributed by atoms with Gasteiger partial charge in [0.1, 0.15) is 5.78 Å². The van der Waals surface area contributed by atoms with Crippen LogP contribution < -0.4 is 5.73 Å². The van der Waals surface area contributed by atoms with Crippen molar-refractivity contribution in [3.05, 3.63) is 0 Å². The molecule has 0 saturated carbocycles. The van der Waals surface area contributed by atoms with Gasteiger partial charge in [-0.2, -0.15) is 0 Å². The summed E-state index contributed by atoms with van der Waals surface area (Å²) in [5, 5.41) is 0. The zero-order chi connectivity index (χ0) is 12.1. The highest BCUT2D eigenvalue weighted by molar-refractivity contribution is 5.83. The zero-order valence-electron chi connectivity index (χ0n) is 10.2. The van der Waals surface area contributed by atoms with E-state index in [1.807, 2.05) is 13.8 Å². The van der Waals surface area contributed by atoms with Crippen molar-refractivity contribution in [2.24, 2.45) is 11.7 Å². The van der Waals surface area contributed by atoms with E-state index in [0.717, 1.165) is 25.9 Å². The molecular formula is C12H22N2O2. The number of Topliss-reactive ketones (excluding diaryl/α,β-unsaturated/α-hetero) is 1. The number of hydrogen-bond acceptors (Lipinski definition) is 3. The van der Waals surface area contributed by atoms with Gasteiger partial charge in [-0.05, 0) is 38.8 Å². The quantitative estimate of drug-likeness (QED) is 0.759. The Morgan fingerprint density at radius 3 is 2.38 bits per heavy atom. The molecule has 92 valence electrons. The summed E-state index contributed by atoms with van der Waals surface area (Å²) in [5.41, 5.74) is 5.18. The van der Waals surface area contributed by atoms with Gasteiger partial charge in [0.25, 0.3) is 0 Å². The molecular weight excluding hydrogens is 204 g/mol. The third kappa shape index (κ3) is 3.59. The maximum Gasteiger partial charge on any atom is 0.217 e. The Morgan fingerprint density at radius 1 is 1.38 bits per heavy atom. The first-order valence-corrected chi connectivity index (χ1v) is 6.09. The predicted octanol–water partition coefficient (Wildman–Crippen LogP) is 0.941. The van der Waals surface area contributed by atoms with E-state index in [-0.39, 0.29) is 11.9 Å². The van der Waals surface area contributed by atoms with Crippen LogP contribution in [0, 0.1) is 5.92 Å². The molecule has 1 saturated heterocycles. The molecule has 4 heteroatoms. The van der Waals surface area contributed by atoms with Crippen molar-refractivity contribution in [1.82, 2.24) is 4.90 Å². The molecule has 1 fully saturated rings. The second-order valence-corrected chi connectivity index (χ2v) is 4.65. The van der Waals surface area contributed by atoms with Crippen molar-refractivity contribution in [3.63, 3.8) is 0 Å². The number of ketones is 1. The van der Waals surface area contributed by atoms with Crippen LogP contribution in [0.5, 0.6) is 0 Å². The highest BCUT2D eigenvalue weighted by atomic mass is 16.1. The van der Waals surface area contributed by atoms with Crippen molar-refractivity contribution in [2.45, 2.75) is 45.6 Å². The lowest BCUT2D eigenvalue weighted by molar-refractivity contribution is -0.124. The summed E-state index contributed by atoms with van der Waals surface area (Å²) in [5.74, 6) is 0.502. The van der Waals surface area contributed by atoms with Gasteiger partial charge in [-0.1, -0.05) is 6.92 Å². The van der Waals surface area contributed by atoms with Gasteiger partial charge in [-0.25, -0.2) is 0 Å². The van der Waals surface area contributed by atoms with Crippen LogP contribution in [-0.2, 0) is 9.59 Å². The summed E-state index contributed by atoms with van der Waals surface area (Å²) in [7, 11) is 0. The van der Waals surface area contributed by atoms with Crippen LogP contribution in [0.15, 0.2) is 0 Å². The van der Waals surface area contributed by atoms with Crippen LogP contribution in [0.1, 0.15) is 39.5 Å². The average molecular weight is 226 g/mol. The molecule has 1 amide bonds. The molecule has 1 rings (SSSR count). The first-order valence-electron chi connectivity index (χ1n) is 6.09. The van der Waals surface area contributed by atoms with Gasteiger partial charge < -0.3 is 5.73 Å². The minimum Gasteiger partial charge on any atom is -0.370 e. The molecule has 0 aromatic carbocycles. The Labute approximate surface area is 97.2 Å². The monoisotopic (exact) mass is 226 g/mol. The molecule has 1 unspecified atom stereocenters. The van der Waals surface area contributed by atoms with Crippen molar-refractivity contribution in [3.8, 4) is 0 Å². The summed E-state index contributed by atoms with van der Waals surface area (Å²) in [6, 6.07) is 0.0273. The largest absolute Gasteiger partial charge is 0.370 e. The fourth-order valence-corrected chi connectivity index (χ4v) is 2.33. The topological polar surface area (TPSA) is 63.4 Å². The minimum atomic E-state index is -0.212. The number of amides is 1. The molecule has 0 bridgehead atoms. The Kier molecular flexibility index (Phi) is 4.93. The molecule has 1 aliphatic heterocycles. The van der Waals surface area contributed by atoms with Gasteiger partial charge in [0.05, 0.1) is 6.04 Å². The fourth-order valence-electron chi connectivity index (χ4n) is 2.33. The van der Waals surface area contributed by atoms with E-state index in [0.29, 0.717) is 24.5 Å². The highest BCUT2D eigenvalue weighted by Crippen LogP contribution is 2.21. The molecule has 0 aromatic rings. The molecule has 1 heterocycles. The summed E-state index contributed by atoms with van der Waals surface area (Å²) in [4.78, 5) is 24.6. The lowest BCUT2D eigenvalue weighted by Crippen LogP contribution is -2.44. The number of nitrogens with two attached hydrogens (primary N) is 1. The van der Waals surface area contributed by atoms with Gasteiger partial charge in [0.2, 0.25) is 5.91 Å². The Hall–Kier alpha value is -0.900. The van der Waals surface area contributed by atoms with E-state index in [1.54, 1.807) is 0 Å². The number of likely N-dealkylation sites (tertiary alicyclic amines) is 1. The molecule has 1 atom stereocenters. The van der Waals surface area contributed by atoms with Gasteiger partial charge >= 0.3 is 0 Å². The third-order valence-electron chi connectivity index (χ3n) is 3.50. The van der Waals surface area contributed by atoms with Crippen LogP contribution >= 0.6 is 0 Å². The number of primary amides is 1. The summed E-state index contributed by atoms with van der Waals surface area (Å²) >= 11 is 0. The maximum absolute atomic E-state index is 11.6. The van der Waals surface area contributed by atoms with E-state index < -0.39 is 0 Å². The number of piperidine rings is 1. The summed E-state index contributed by atoms with van der Waals surface area (Å²) < 4.78 is 0. The summed E-state index contributed by atoms with van der Waals surface area (Å²) in [6.45, 7) is 5.69. The summed E-state index contributed by atoms with van der Waals surface area (Å²) in [6.07, 6.45) is 3.04. The first-order chi connectivity index (χ1) is 7.54. The van der Waals surface area contributed by atoms with E-state index in [1.165, 1.54) is 0 Å². The number of carbonyl (C=O) groups is 2. The number of nitrogens with zero attached hydrogens (tertiary/aromatic N) is 1. The van der Waals surface area contributed by atoms with Crippen LogP contribution in [0.25, 0.3) is 0 Å².